The maximum absolute atomic E-state index is 12.3. The van der Waals surface area contributed by atoms with Gasteiger partial charge in [-0.2, -0.15) is 0 Å². The molecule has 0 radical (unpaired) electrons. The second-order valence-corrected chi connectivity index (χ2v) is 17.5. The van der Waals surface area contributed by atoms with E-state index in [1.165, 1.54) is 13.8 Å². The van der Waals surface area contributed by atoms with Crippen LogP contribution in [0.2, 0.25) is 0 Å². The van der Waals surface area contributed by atoms with Crippen LogP contribution in [0.15, 0.2) is 165 Å². The molecule has 0 aliphatic carbocycles. The van der Waals surface area contributed by atoms with Gasteiger partial charge in [-0.25, -0.2) is 4.79 Å². The van der Waals surface area contributed by atoms with Gasteiger partial charge < -0.3 is 28.4 Å². The lowest BCUT2D eigenvalue weighted by Gasteiger charge is -2.26. The SMILES string of the molecule is COc1ccc(C(C)(C)c2ccc(OC(=O)Oc3ccc(SSc4ccc(OC(C)=O)cc4)cc3)cc2)cc1.COc1ccc(SSc2ccc(OC(C)=O)cc2)cc1. The number of rotatable bonds is 14. The van der Waals surface area contributed by atoms with Crippen LogP contribution in [0.3, 0.4) is 0 Å². The van der Waals surface area contributed by atoms with E-state index in [9.17, 15) is 14.4 Å². The predicted molar refractivity (Wildman–Crippen MR) is 237 cm³/mol. The molecule has 0 atom stereocenters. The number of ether oxygens (including phenoxy) is 6. The van der Waals surface area contributed by atoms with Gasteiger partial charge in [0.05, 0.1) is 14.2 Å². The first-order valence-electron chi connectivity index (χ1n) is 18.0. The Hall–Kier alpha value is -5.47. The molecule has 9 nitrogen and oxygen atoms in total. The highest BCUT2D eigenvalue weighted by Crippen LogP contribution is 2.40. The average molecular weight is 867 g/mol. The number of carbonyl (C=O) groups is 3. The molecule has 13 heteroatoms. The molecule has 0 aliphatic rings. The molecular weight excluding hydrogens is 825 g/mol. The van der Waals surface area contributed by atoms with E-state index >= 15 is 0 Å². The summed E-state index contributed by atoms with van der Waals surface area (Å²) in [4.78, 5) is 38.4. The molecule has 59 heavy (non-hydrogen) atoms. The average Bonchev–Trinajstić information content (AvgIpc) is 3.24. The molecule has 0 saturated carbocycles. The summed E-state index contributed by atoms with van der Waals surface area (Å²) in [5.74, 6) is 2.88. The Bertz CT molecular complexity index is 2260. The van der Waals surface area contributed by atoms with Crippen LogP contribution in [0.4, 0.5) is 4.79 Å². The predicted octanol–water partition coefficient (Wildman–Crippen LogP) is 12.7. The van der Waals surface area contributed by atoms with Crippen LogP contribution in [0, 0.1) is 0 Å². The maximum atomic E-state index is 12.3. The van der Waals surface area contributed by atoms with E-state index in [2.05, 4.69) is 13.8 Å². The summed E-state index contributed by atoms with van der Waals surface area (Å²) in [5, 5.41) is 0. The fraction of sp³-hybridized carbons (Fsp3) is 0.152. The zero-order valence-corrected chi connectivity index (χ0v) is 36.4. The summed E-state index contributed by atoms with van der Waals surface area (Å²) in [5.41, 5.74) is 1.99. The standard InChI is InChI=1S/C31H28O6S2.C15H14O3S2/c1-21(32)35-25-13-17-28(18-14-25)38-39-29-19-15-27(16-20-29)37-30(33)36-26-11-7-23(8-12-26)31(2,3)22-5-9-24(34-4)10-6-22;1-11(16)18-13-5-9-15(10-6-13)20-19-14-7-3-12(17-2)4-8-14/h5-20H,1-4H3;3-10H,1-2H3. The smallest absolute Gasteiger partial charge is 0.497 e. The fourth-order valence-corrected chi connectivity index (χ4v) is 9.03. The Morgan fingerprint density at radius 1 is 0.373 bits per heavy atom. The number of methoxy groups -OCH3 is 2. The molecule has 0 N–H and O–H groups in total. The minimum absolute atomic E-state index is 0.239. The first-order chi connectivity index (χ1) is 28.4. The number of hydrogen-bond donors (Lipinski definition) is 0. The molecule has 0 aliphatic heterocycles. The quantitative estimate of drug-likeness (QED) is 0.0449. The van der Waals surface area contributed by atoms with Gasteiger partial charge in [0.1, 0.15) is 34.5 Å². The van der Waals surface area contributed by atoms with Gasteiger partial charge in [0.25, 0.3) is 0 Å². The molecule has 6 aromatic carbocycles. The zero-order valence-electron chi connectivity index (χ0n) is 33.2. The third kappa shape index (κ3) is 14.4. The summed E-state index contributed by atoms with van der Waals surface area (Å²) < 4.78 is 31.1. The summed E-state index contributed by atoms with van der Waals surface area (Å²) in [7, 11) is 9.74. The van der Waals surface area contributed by atoms with Gasteiger partial charge in [-0.3, -0.25) is 9.59 Å². The van der Waals surface area contributed by atoms with Crippen molar-refractivity contribution in [2.45, 2.75) is 52.7 Å². The minimum atomic E-state index is -0.806. The Morgan fingerprint density at radius 3 is 0.881 bits per heavy atom. The molecule has 304 valence electrons. The lowest BCUT2D eigenvalue weighted by atomic mass is 9.78. The second kappa shape index (κ2) is 22.1. The maximum Gasteiger partial charge on any atom is 0.519 e. The van der Waals surface area contributed by atoms with Gasteiger partial charge >= 0.3 is 18.1 Å². The van der Waals surface area contributed by atoms with E-state index in [0.29, 0.717) is 23.0 Å². The molecule has 0 unspecified atom stereocenters. The van der Waals surface area contributed by atoms with E-state index in [0.717, 1.165) is 42.2 Å². The largest absolute Gasteiger partial charge is 0.519 e. The molecule has 0 spiro atoms. The van der Waals surface area contributed by atoms with Crippen molar-refractivity contribution in [2.24, 2.45) is 0 Å². The lowest BCUT2D eigenvalue weighted by molar-refractivity contribution is -0.132. The molecule has 0 saturated heterocycles. The highest BCUT2D eigenvalue weighted by atomic mass is 33.1. The Kier molecular flexibility index (Phi) is 16.7. The topological polar surface area (TPSA) is 107 Å². The summed E-state index contributed by atoms with van der Waals surface area (Å²) in [6, 6.07) is 45.2. The van der Waals surface area contributed by atoms with Crippen LogP contribution in [-0.2, 0) is 15.0 Å². The van der Waals surface area contributed by atoms with Gasteiger partial charge in [0, 0.05) is 38.8 Å². The van der Waals surface area contributed by atoms with Gasteiger partial charge in [-0.1, -0.05) is 81.3 Å². The van der Waals surface area contributed by atoms with E-state index in [-0.39, 0.29) is 17.4 Å². The number of hydrogen-bond acceptors (Lipinski definition) is 13. The Labute approximate surface area is 360 Å². The molecular formula is C46H42O9S4. The first-order valence-corrected chi connectivity index (χ1v) is 22.3. The van der Waals surface area contributed by atoms with Crippen LogP contribution in [0.1, 0.15) is 38.8 Å². The lowest BCUT2D eigenvalue weighted by Crippen LogP contribution is -2.19. The molecule has 0 bridgehead atoms. The molecule has 0 fully saturated rings. The number of esters is 2. The van der Waals surface area contributed by atoms with Crippen molar-refractivity contribution in [3.63, 3.8) is 0 Å². The number of carbonyl (C=O) groups excluding carboxylic acids is 3. The monoisotopic (exact) mass is 866 g/mol. The molecule has 6 rings (SSSR count). The van der Waals surface area contributed by atoms with Gasteiger partial charge in [0.15, 0.2) is 0 Å². The third-order valence-corrected chi connectivity index (χ3v) is 13.1. The van der Waals surface area contributed by atoms with E-state index < -0.39 is 6.16 Å². The second-order valence-electron chi connectivity index (χ2n) is 12.9. The minimum Gasteiger partial charge on any atom is -0.497 e. The van der Waals surface area contributed by atoms with E-state index in [1.807, 2.05) is 97.1 Å². The molecule has 0 aromatic heterocycles. The number of benzene rings is 6. The first kappa shape index (κ1) is 44.6. The highest BCUT2D eigenvalue weighted by Gasteiger charge is 2.23. The van der Waals surface area contributed by atoms with Crippen LogP contribution in [-0.4, -0.2) is 32.3 Å². The van der Waals surface area contributed by atoms with Crippen LogP contribution < -0.4 is 28.4 Å². The van der Waals surface area contributed by atoms with Crippen molar-refractivity contribution in [2.75, 3.05) is 14.2 Å². The van der Waals surface area contributed by atoms with Crippen molar-refractivity contribution in [1.29, 1.82) is 0 Å². The van der Waals surface area contributed by atoms with Crippen molar-refractivity contribution < 1.29 is 42.8 Å². The van der Waals surface area contributed by atoms with Crippen molar-refractivity contribution in [3.05, 3.63) is 157 Å². The van der Waals surface area contributed by atoms with Gasteiger partial charge in [0.2, 0.25) is 0 Å². The molecule has 6 aromatic rings. The van der Waals surface area contributed by atoms with Crippen LogP contribution >= 0.6 is 43.2 Å². The fourth-order valence-electron chi connectivity index (χ4n) is 5.17. The van der Waals surface area contributed by atoms with Crippen molar-refractivity contribution in [1.82, 2.24) is 0 Å². The zero-order chi connectivity index (χ0) is 42.2. The Morgan fingerprint density at radius 2 is 0.610 bits per heavy atom. The van der Waals surface area contributed by atoms with Gasteiger partial charge in [-0.15, -0.1) is 0 Å². The normalized spacial score (nSPS) is 10.7. The van der Waals surface area contributed by atoms with Crippen LogP contribution in [0.5, 0.6) is 34.5 Å². The summed E-state index contributed by atoms with van der Waals surface area (Å²) in [6.45, 7) is 7.04. The van der Waals surface area contributed by atoms with E-state index in [4.69, 9.17) is 28.4 Å². The third-order valence-electron chi connectivity index (χ3n) is 8.31. The Balaban J connectivity index is 0.000000277. The molecule has 0 amide bonds. The van der Waals surface area contributed by atoms with Crippen molar-refractivity contribution in [3.8, 4) is 34.5 Å². The van der Waals surface area contributed by atoms with Crippen LogP contribution in [0.25, 0.3) is 0 Å². The van der Waals surface area contributed by atoms with Gasteiger partial charge in [-0.05, 0) is 132 Å². The van der Waals surface area contributed by atoms with Crippen molar-refractivity contribution >= 4 is 61.3 Å². The summed E-state index contributed by atoms with van der Waals surface area (Å²) >= 11 is 0. The summed E-state index contributed by atoms with van der Waals surface area (Å²) in [6.07, 6.45) is -0.806. The van der Waals surface area contributed by atoms with E-state index in [1.54, 1.807) is 106 Å². The highest BCUT2D eigenvalue weighted by molar-refractivity contribution is 8.77. The molecule has 0 heterocycles.